The fourth-order valence-electron chi connectivity index (χ4n) is 3.03. The van der Waals surface area contributed by atoms with E-state index in [2.05, 4.69) is 79.9 Å². The van der Waals surface area contributed by atoms with Crippen LogP contribution in [-0.2, 0) is 13.1 Å². The van der Waals surface area contributed by atoms with Crippen LogP contribution in [0.3, 0.4) is 0 Å². The second kappa shape index (κ2) is 8.35. The molecular formula is C22H26N4S. The maximum atomic E-state index is 5.48. The van der Waals surface area contributed by atoms with Crippen LogP contribution in [0, 0.1) is 27.7 Å². The lowest BCUT2D eigenvalue weighted by Crippen LogP contribution is -2.28. The molecule has 0 saturated heterocycles. The topological polar surface area (TPSA) is 41.9 Å². The Kier molecular flexibility index (Phi) is 5.91. The van der Waals surface area contributed by atoms with Gasteiger partial charge in [0.05, 0.1) is 23.6 Å². The zero-order chi connectivity index (χ0) is 19.4. The number of aryl methyl sites for hydroxylation is 3. The molecule has 0 bridgehead atoms. The van der Waals surface area contributed by atoms with E-state index in [1.54, 1.807) is 0 Å². The second-order valence-electron chi connectivity index (χ2n) is 6.92. The Bertz CT molecular complexity index is 941. The van der Waals surface area contributed by atoms with Crippen LogP contribution in [-0.4, -0.2) is 14.9 Å². The number of hydrogen-bond donors (Lipinski definition) is 2. The van der Waals surface area contributed by atoms with Crippen molar-refractivity contribution in [1.82, 2.24) is 15.1 Å². The molecule has 1 heterocycles. The van der Waals surface area contributed by atoms with E-state index in [9.17, 15) is 0 Å². The Hall–Kier alpha value is -2.66. The minimum atomic E-state index is 0.609. The summed E-state index contributed by atoms with van der Waals surface area (Å²) in [6.45, 7) is 9.75. The van der Waals surface area contributed by atoms with Gasteiger partial charge in [0, 0.05) is 6.54 Å². The SMILES string of the molecule is Cc1ccc(CNC(=S)Nc2c(C)nn(Cc3ccccc3C)c2C)cc1. The molecular weight excluding hydrogens is 352 g/mol. The molecule has 2 N–H and O–H groups in total. The zero-order valence-corrected chi connectivity index (χ0v) is 17.2. The van der Waals surface area contributed by atoms with Crippen molar-refractivity contribution in [3.63, 3.8) is 0 Å². The number of thiocarbonyl (C=S) groups is 1. The molecule has 27 heavy (non-hydrogen) atoms. The van der Waals surface area contributed by atoms with Gasteiger partial charge in [0.2, 0.25) is 0 Å². The van der Waals surface area contributed by atoms with Crippen molar-refractivity contribution in [2.24, 2.45) is 0 Å². The molecule has 0 unspecified atom stereocenters. The van der Waals surface area contributed by atoms with E-state index in [-0.39, 0.29) is 0 Å². The van der Waals surface area contributed by atoms with Crippen molar-refractivity contribution >= 4 is 23.0 Å². The van der Waals surface area contributed by atoms with Gasteiger partial charge >= 0.3 is 0 Å². The monoisotopic (exact) mass is 378 g/mol. The number of benzene rings is 2. The third kappa shape index (κ3) is 4.74. The molecule has 0 aliphatic rings. The molecule has 0 fully saturated rings. The fourth-order valence-corrected chi connectivity index (χ4v) is 3.20. The van der Waals surface area contributed by atoms with Gasteiger partial charge in [0.15, 0.2) is 5.11 Å². The summed E-state index contributed by atoms with van der Waals surface area (Å²) in [4.78, 5) is 0. The van der Waals surface area contributed by atoms with E-state index >= 15 is 0 Å². The summed E-state index contributed by atoms with van der Waals surface area (Å²) in [5.74, 6) is 0. The quantitative estimate of drug-likeness (QED) is 0.634. The smallest absolute Gasteiger partial charge is 0.171 e. The highest BCUT2D eigenvalue weighted by atomic mass is 32.1. The number of anilines is 1. The Morgan fingerprint density at radius 3 is 2.41 bits per heavy atom. The van der Waals surface area contributed by atoms with E-state index in [4.69, 9.17) is 17.3 Å². The maximum absolute atomic E-state index is 5.48. The summed E-state index contributed by atoms with van der Waals surface area (Å²) in [7, 11) is 0. The van der Waals surface area contributed by atoms with Crippen LogP contribution < -0.4 is 10.6 Å². The highest BCUT2D eigenvalue weighted by Crippen LogP contribution is 2.21. The second-order valence-corrected chi connectivity index (χ2v) is 7.33. The van der Waals surface area contributed by atoms with Crippen molar-refractivity contribution in [3.05, 3.63) is 82.2 Å². The maximum Gasteiger partial charge on any atom is 0.171 e. The van der Waals surface area contributed by atoms with Crippen molar-refractivity contribution in [2.75, 3.05) is 5.32 Å². The molecule has 140 valence electrons. The third-order valence-corrected chi connectivity index (χ3v) is 5.02. The first-order chi connectivity index (χ1) is 12.9. The number of nitrogens with one attached hydrogen (secondary N) is 2. The van der Waals surface area contributed by atoms with Crippen molar-refractivity contribution in [1.29, 1.82) is 0 Å². The Morgan fingerprint density at radius 2 is 1.70 bits per heavy atom. The van der Waals surface area contributed by atoms with Crippen LogP contribution in [0.5, 0.6) is 0 Å². The van der Waals surface area contributed by atoms with Crippen LogP contribution in [0.1, 0.15) is 33.6 Å². The van der Waals surface area contributed by atoms with Crippen LogP contribution in [0.15, 0.2) is 48.5 Å². The predicted octanol–water partition coefficient (Wildman–Crippen LogP) is 4.65. The van der Waals surface area contributed by atoms with Crippen LogP contribution in [0.2, 0.25) is 0 Å². The lowest BCUT2D eigenvalue weighted by molar-refractivity contribution is 0.657. The lowest BCUT2D eigenvalue weighted by Gasteiger charge is -2.12. The van der Waals surface area contributed by atoms with Gasteiger partial charge in [0.25, 0.3) is 0 Å². The number of aromatic nitrogens is 2. The summed E-state index contributed by atoms with van der Waals surface area (Å²) in [6.07, 6.45) is 0. The first-order valence-electron chi connectivity index (χ1n) is 9.13. The summed E-state index contributed by atoms with van der Waals surface area (Å²) < 4.78 is 2.03. The summed E-state index contributed by atoms with van der Waals surface area (Å²) in [6, 6.07) is 16.8. The minimum absolute atomic E-state index is 0.609. The van der Waals surface area contributed by atoms with Crippen LogP contribution in [0.25, 0.3) is 0 Å². The van der Waals surface area contributed by atoms with E-state index in [0.717, 1.165) is 23.6 Å². The number of hydrogen-bond acceptors (Lipinski definition) is 2. The molecule has 3 rings (SSSR count). The molecule has 4 nitrogen and oxygen atoms in total. The highest BCUT2D eigenvalue weighted by molar-refractivity contribution is 7.80. The molecule has 1 aromatic heterocycles. The average Bonchev–Trinajstić information content (AvgIpc) is 2.90. The highest BCUT2D eigenvalue weighted by Gasteiger charge is 2.13. The lowest BCUT2D eigenvalue weighted by atomic mass is 10.1. The first kappa shape index (κ1) is 19.1. The Balaban J connectivity index is 1.66. The standard InChI is InChI=1S/C22H26N4S/c1-15-9-11-19(12-10-15)13-23-22(27)24-21-17(3)25-26(18(21)4)14-20-8-6-5-7-16(20)2/h5-12H,13-14H2,1-4H3,(H2,23,24,27). The van der Waals surface area contributed by atoms with Crippen LogP contribution >= 0.6 is 12.2 Å². The largest absolute Gasteiger partial charge is 0.358 e. The van der Waals surface area contributed by atoms with Gasteiger partial charge in [0.1, 0.15) is 0 Å². The minimum Gasteiger partial charge on any atom is -0.358 e. The van der Waals surface area contributed by atoms with Gasteiger partial charge in [-0.15, -0.1) is 0 Å². The molecule has 0 spiro atoms. The van der Waals surface area contributed by atoms with Gasteiger partial charge < -0.3 is 10.6 Å². The molecule has 0 saturated carbocycles. The van der Waals surface area contributed by atoms with Crippen molar-refractivity contribution in [2.45, 2.75) is 40.8 Å². The Morgan fingerprint density at radius 1 is 1.00 bits per heavy atom. The summed E-state index contributed by atoms with van der Waals surface area (Å²) >= 11 is 5.48. The third-order valence-electron chi connectivity index (χ3n) is 4.78. The van der Waals surface area contributed by atoms with Crippen LogP contribution in [0.4, 0.5) is 5.69 Å². The molecule has 2 aromatic carbocycles. The van der Waals surface area contributed by atoms with Gasteiger partial charge in [-0.25, -0.2) is 0 Å². The van der Waals surface area contributed by atoms with E-state index < -0.39 is 0 Å². The van der Waals surface area contributed by atoms with E-state index in [0.29, 0.717) is 11.7 Å². The molecule has 0 radical (unpaired) electrons. The molecule has 3 aromatic rings. The fraction of sp³-hybridized carbons (Fsp3) is 0.273. The molecule has 5 heteroatoms. The van der Waals surface area contributed by atoms with Crippen molar-refractivity contribution in [3.8, 4) is 0 Å². The van der Waals surface area contributed by atoms with Gasteiger partial charge in [-0.1, -0.05) is 54.1 Å². The zero-order valence-electron chi connectivity index (χ0n) is 16.3. The number of nitrogens with zero attached hydrogens (tertiary/aromatic N) is 2. The predicted molar refractivity (Wildman–Crippen MR) is 116 cm³/mol. The summed E-state index contributed by atoms with van der Waals surface area (Å²) in [5, 5.41) is 11.9. The molecule has 0 atom stereocenters. The average molecular weight is 379 g/mol. The molecule has 0 aliphatic heterocycles. The first-order valence-corrected chi connectivity index (χ1v) is 9.54. The van der Waals surface area contributed by atoms with Crippen molar-refractivity contribution < 1.29 is 0 Å². The Labute approximate surface area is 166 Å². The van der Waals surface area contributed by atoms with Gasteiger partial charge in [-0.3, -0.25) is 4.68 Å². The normalized spacial score (nSPS) is 10.7. The van der Waals surface area contributed by atoms with Gasteiger partial charge in [-0.05, 0) is 56.6 Å². The molecule has 0 aliphatic carbocycles. The van der Waals surface area contributed by atoms with E-state index in [1.165, 1.54) is 22.3 Å². The van der Waals surface area contributed by atoms with Gasteiger partial charge in [-0.2, -0.15) is 5.10 Å². The number of rotatable bonds is 5. The summed E-state index contributed by atoms with van der Waals surface area (Å²) in [5.41, 5.74) is 8.01. The van der Waals surface area contributed by atoms with E-state index in [1.807, 2.05) is 11.6 Å². The molecule has 0 amide bonds.